The van der Waals surface area contributed by atoms with E-state index in [-0.39, 0.29) is 17.3 Å². The molecule has 148 valence electrons. The molecule has 1 N–H and O–H groups in total. The van der Waals surface area contributed by atoms with Crippen LogP contribution in [0, 0.1) is 0 Å². The molecular formula is C21H24F2N4O. The zero-order valence-electron chi connectivity index (χ0n) is 16.1. The Bertz CT molecular complexity index is 864. The van der Waals surface area contributed by atoms with Crippen molar-refractivity contribution in [1.29, 1.82) is 0 Å². The molecule has 0 radical (unpaired) electrons. The molecule has 1 aliphatic rings. The van der Waals surface area contributed by atoms with Crippen LogP contribution in [0.15, 0.2) is 43.2 Å². The SMILES string of the molecule is C=C(F)c1ccc(N2CCNC(CC(C)(C)F)C2)nc1C(=O)c1cccnc1. The molecule has 0 aliphatic carbocycles. The van der Waals surface area contributed by atoms with Gasteiger partial charge in [0.2, 0.25) is 5.78 Å². The zero-order chi connectivity index (χ0) is 20.3. The summed E-state index contributed by atoms with van der Waals surface area (Å²) in [6.07, 6.45) is 3.35. The van der Waals surface area contributed by atoms with Crippen molar-refractivity contribution in [1.82, 2.24) is 15.3 Å². The second-order valence-corrected chi connectivity index (χ2v) is 7.56. The van der Waals surface area contributed by atoms with E-state index in [4.69, 9.17) is 0 Å². The van der Waals surface area contributed by atoms with Crippen LogP contribution in [0.3, 0.4) is 0 Å². The number of aromatic nitrogens is 2. The van der Waals surface area contributed by atoms with Crippen LogP contribution in [0.25, 0.3) is 5.83 Å². The number of piperazine rings is 1. The molecule has 1 aliphatic heterocycles. The van der Waals surface area contributed by atoms with Gasteiger partial charge in [-0.2, -0.15) is 0 Å². The maximum absolute atomic E-state index is 14.0. The van der Waals surface area contributed by atoms with Crippen LogP contribution >= 0.6 is 0 Å². The van der Waals surface area contributed by atoms with E-state index < -0.39 is 17.3 Å². The van der Waals surface area contributed by atoms with E-state index in [9.17, 15) is 13.6 Å². The van der Waals surface area contributed by atoms with E-state index in [1.807, 2.05) is 4.90 Å². The third-order valence-corrected chi connectivity index (χ3v) is 4.62. The van der Waals surface area contributed by atoms with Gasteiger partial charge in [-0.15, -0.1) is 0 Å². The highest BCUT2D eigenvalue weighted by Crippen LogP contribution is 2.25. The minimum atomic E-state index is -1.29. The lowest BCUT2D eigenvalue weighted by atomic mass is 9.99. The van der Waals surface area contributed by atoms with Gasteiger partial charge in [-0.1, -0.05) is 6.58 Å². The molecule has 7 heteroatoms. The number of ketones is 1. The minimum absolute atomic E-state index is 0.00101. The Hall–Kier alpha value is -2.67. The molecule has 0 amide bonds. The molecule has 3 heterocycles. The summed E-state index contributed by atoms with van der Waals surface area (Å²) in [5.41, 5.74) is -0.897. The number of carbonyl (C=O) groups excluding carboxylic acids is 1. The molecule has 0 spiro atoms. The van der Waals surface area contributed by atoms with Gasteiger partial charge in [-0.25, -0.2) is 13.8 Å². The van der Waals surface area contributed by atoms with Crippen LogP contribution in [0.5, 0.6) is 0 Å². The third kappa shape index (κ3) is 4.78. The number of anilines is 1. The lowest BCUT2D eigenvalue weighted by Crippen LogP contribution is -2.52. The van der Waals surface area contributed by atoms with E-state index in [2.05, 4.69) is 21.9 Å². The maximum Gasteiger partial charge on any atom is 0.213 e. The molecule has 3 rings (SSSR count). The number of pyridine rings is 2. The molecule has 2 aromatic rings. The number of nitrogens with zero attached hydrogens (tertiary/aromatic N) is 3. The van der Waals surface area contributed by atoms with Crippen LogP contribution in [-0.4, -0.2) is 47.1 Å². The normalized spacial score (nSPS) is 17.4. The lowest BCUT2D eigenvalue weighted by Gasteiger charge is -2.36. The second kappa shape index (κ2) is 8.14. The van der Waals surface area contributed by atoms with Gasteiger partial charge in [0.05, 0.1) is 0 Å². The van der Waals surface area contributed by atoms with Gasteiger partial charge >= 0.3 is 0 Å². The number of nitrogens with one attached hydrogen (secondary N) is 1. The quantitative estimate of drug-likeness (QED) is 0.770. The predicted molar refractivity (Wildman–Crippen MR) is 106 cm³/mol. The number of alkyl halides is 1. The second-order valence-electron chi connectivity index (χ2n) is 7.56. The topological polar surface area (TPSA) is 58.1 Å². The van der Waals surface area contributed by atoms with E-state index in [1.165, 1.54) is 12.3 Å². The van der Waals surface area contributed by atoms with Gasteiger partial charge in [-0.05, 0) is 44.5 Å². The van der Waals surface area contributed by atoms with Gasteiger partial charge in [-0.3, -0.25) is 9.78 Å². The van der Waals surface area contributed by atoms with Crippen molar-refractivity contribution >= 4 is 17.4 Å². The van der Waals surface area contributed by atoms with Crippen molar-refractivity contribution in [3.05, 3.63) is 60.1 Å². The Morgan fingerprint density at radius 1 is 1.39 bits per heavy atom. The van der Waals surface area contributed by atoms with Crippen LogP contribution in [-0.2, 0) is 0 Å². The fraction of sp³-hybridized carbons (Fsp3) is 0.381. The van der Waals surface area contributed by atoms with Crippen molar-refractivity contribution < 1.29 is 13.6 Å². The number of halogens is 2. The van der Waals surface area contributed by atoms with E-state index in [0.29, 0.717) is 37.4 Å². The molecule has 1 fully saturated rings. The zero-order valence-corrected chi connectivity index (χ0v) is 16.1. The average Bonchev–Trinajstić information content (AvgIpc) is 2.66. The van der Waals surface area contributed by atoms with E-state index in [0.717, 1.165) is 0 Å². The first-order valence-corrected chi connectivity index (χ1v) is 9.22. The first kappa shape index (κ1) is 20.1. The molecule has 1 atom stereocenters. The monoisotopic (exact) mass is 386 g/mol. The predicted octanol–water partition coefficient (Wildman–Crippen LogP) is 3.56. The number of carbonyl (C=O) groups is 1. The summed E-state index contributed by atoms with van der Waals surface area (Å²) in [5, 5.41) is 3.31. The van der Waals surface area contributed by atoms with Crippen LogP contribution < -0.4 is 10.2 Å². The van der Waals surface area contributed by atoms with Crippen LogP contribution in [0.1, 0.15) is 41.9 Å². The van der Waals surface area contributed by atoms with Gasteiger partial charge in [0.25, 0.3) is 0 Å². The number of hydrogen-bond donors (Lipinski definition) is 1. The van der Waals surface area contributed by atoms with Crippen LogP contribution in [0.4, 0.5) is 14.6 Å². The number of hydrogen-bond acceptors (Lipinski definition) is 5. The average molecular weight is 386 g/mol. The Labute approximate surface area is 163 Å². The highest BCUT2D eigenvalue weighted by Gasteiger charge is 2.28. The fourth-order valence-corrected chi connectivity index (χ4v) is 3.41. The molecular weight excluding hydrogens is 362 g/mol. The summed E-state index contributed by atoms with van der Waals surface area (Å²) in [4.78, 5) is 23.2. The minimum Gasteiger partial charge on any atom is -0.354 e. The van der Waals surface area contributed by atoms with Gasteiger partial charge in [0.15, 0.2) is 0 Å². The summed E-state index contributed by atoms with van der Waals surface area (Å²) in [6.45, 7) is 8.31. The largest absolute Gasteiger partial charge is 0.354 e. The van der Waals surface area contributed by atoms with Crippen molar-refractivity contribution in [3.63, 3.8) is 0 Å². The molecule has 28 heavy (non-hydrogen) atoms. The number of rotatable bonds is 6. The van der Waals surface area contributed by atoms with Gasteiger partial charge in [0, 0.05) is 49.2 Å². The van der Waals surface area contributed by atoms with E-state index in [1.54, 1.807) is 38.2 Å². The van der Waals surface area contributed by atoms with Crippen molar-refractivity contribution in [3.8, 4) is 0 Å². The first-order valence-electron chi connectivity index (χ1n) is 9.22. The molecule has 0 saturated carbocycles. The Morgan fingerprint density at radius 2 is 2.18 bits per heavy atom. The van der Waals surface area contributed by atoms with Crippen LogP contribution in [0.2, 0.25) is 0 Å². The summed E-state index contributed by atoms with van der Waals surface area (Å²) in [7, 11) is 0. The third-order valence-electron chi connectivity index (χ3n) is 4.62. The maximum atomic E-state index is 14.0. The Kier molecular flexibility index (Phi) is 5.84. The lowest BCUT2D eigenvalue weighted by molar-refractivity contribution is 0.103. The Balaban J connectivity index is 1.91. The van der Waals surface area contributed by atoms with Crippen molar-refractivity contribution in [2.24, 2.45) is 0 Å². The molecule has 5 nitrogen and oxygen atoms in total. The van der Waals surface area contributed by atoms with Gasteiger partial charge in [0.1, 0.15) is 23.0 Å². The summed E-state index contributed by atoms with van der Waals surface area (Å²) >= 11 is 0. The molecule has 0 bridgehead atoms. The first-order chi connectivity index (χ1) is 13.2. The molecule has 2 aromatic heterocycles. The summed E-state index contributed by atoms with van der Waals surface area (Å²) < 4.78 is 28.0. The fourth-order valence-electron chi connectivity index (χ4n) is 3.41. The smallest absolute Gasteiger partial charge is 0.213 e. The molecule has 1 unspecified atom stereocenters. The summed E-state index contributed by atoms with van der Waals surface area (Å²) in [6, 6.07) is 6.40. The van der Waals surface area contributed by atoms with Crippen molar-refractivity contribution in [2.75, 3.05) is 24.5 Å². The molecule has 0 aromatic carbocycles. The highest BCUT2D eigenvalue weighted by molar-refractivity contribution is 6.10. The molecule has 1 saturated heterocycles. The van der Waals surface area contributed by atoms with Crippen molar-refractivity contribution in [2.45, 2.75) is 32.0 Å². The highest BCUT2D eigenvalue weighted by atomic mass is 19.1. The summed E-state index contributed by atoms with van der Waals surface area (Å²) in [5.74, 6) is -0.579. The Morgan fingerprint density at radius 3 is 2.82 bits per heavy atom. The standard InChI is InChI=1S/C21H24F2N4O/c1-14(22)17-6-7-18(26-19(17)20(28)15-5-4-8-24-12-15)27-10-9-25-16(13-27)11-21(2,3)23/h4-8,12,16,25H,1,9-11,13H2,2-3H3. The van der Waals surface area contributed by atoms with Gasteiger partial charge < -0.3 is 10.2 Å². The van der Waals surface area contributed by atoms with E-state index >= 15 is 0 Å².